The average molecular weight is 656 g/mol. The van der Waals surface area contributed by atoms with Crippen molar-refractivity contribution >= 4 is 48.6 Å². The van der Waals surface area contributed by atoms with E-state index in [1.807, 2.05) is 11.3 Å². The molecule has 9 aromatic rings. The van der Waals surface area contributed by atoms with E-state index in [4.69, 9.17) is 0 Å². The Morgan fingerprint density at radius 1 is 0.300 bits per heavy atom. The second-order valence-corrected chi connectivity index (χ2v) is 13.6. The fourth-order valence-corrected chi connectivity index (χ4v) is 8.16. The molecular weight excluding hydrogens is 623 g/mol. The van der Waals surface area contributed by atoms with Crippen molar-refractivity contribution in [3.8, 4) is 44.5 Å². The lowest BCUT2D eigenvalue weighted by atomic mass is 9.96. The number of rotatable bonds is 7. The van der Waals surface area contributed by atoms with Crippen LogP contribution in [0.2, 0.25) is 0 Å². The van der Waals surface area contributed by atoms with Crippen molar-refractivity contribution in [2.24, 2.45) is 0 Å². The Bertz CT molecular complexity index is 2530. The fourth-order valence-electron chi connectivity index (χ4n) is 6.94. The van der Waals surface area contributed by atoms with Gasteiger partial charge in [-0.3, -0.25) is 0 Å². The maximum atomic E-state index is 2.36. The largest absolute Gasteiger partial charge is 0.311 e. The first-order chi connectivity index (χ1) is 24.8. The van der Waals surface area contributed by atoms with Crippen molar-refractivity contribution in [1.82, 2.24) is 0 Å². The quantitative estimate of drug-likeness (QED) is 0.165. The second-order valence-electron chi connectivity index (χ2n) is 12.6. The Morgan fingerprint density at radius 3 is 1.30 bits per heavy atom. The lowest BCUT2D eigenvalue weighted by Gasteiger charge is -2.26. The first-order valence-electron chi connectivity index (χ1n) is 17.0. The zero-order valence-corrected chi connectivity index (χ0v) is 28.2. The summed E-state index contributed by atoms with van der Waals surface area (Å²) in [6.45, 7) is 0. The topological polar surface area (TPSA) is 3.24 Å². The molecule has 0 amide bonds. The molecule has 50 heavy (non-hydrogen) atoms. The molecule has 0 atom stereocenters. The highest BCUT2D eigenvalue weighted by Gasteiger charge is 2.16. The first kappa shape index (κ1) is 29.9. The van der Waals surface area contributed by atoms with E-state index in [-0.39, 0.29) is 0 Å². The number of benzene rings is 8. The summed E-state index contributed by atoms with van der Waals surface area (Å²) in [5.74, 6) is 0. The van der Waals surface area contributed by atoms with Crippen molar-refractivity contribution in [2.45, 2.75) is 0 Å². The normalized spacial score (nSPS) is 11.2. The van der Waals surface area contributed by atoms with E-state index in [0.717, 1.165) is 17.1 Å². The van der Waals surface area contributed by atoms with Gasteiger partial charge in [0.05, 0.1) is 0 Å². The molecule has 0 radical (unpaired) electrons. The van der Waals surface area contributed by atoms with Crippen LogP contribution in [0.1, 0.15) is 0 Å². The summed E-state index contributed by atoms with van der Waals surface area (Å²) in [4.78, 5) is 2.33. The first-order valence-corrected chi connectivity index (χ1v) is 17.8. The number of thiophene rings is 1. The third kappa shape index (κ3) is 5.66. The van der Waals surface area contributed by atoms with Gasteiger partial charge in [0.25, 0.3) is 0 Å². The SMILES string of the molecule is c1ccc(-c2ccc(-c3ccc(N(c4ccccc4)c4ccc(-c5cc(-c6ccccc6)cc6c5sc5ccccc56)cc4)cc3)cc2)cc1. The van der Waals surface area contributed by atoms with Crippen LogP contribution in [-0.4, -0.2) is 0 Å². The molecule has 236 valence electrons. The van der Waals surface area contributed by atoms with Crippen molar-refractivity contribution in [3.63, 3.8) is 0 Å². The lowest BCUT2D eigenvalue weighted by Crippen LogP contribution is -2.09. The van der Waals surface area contributed by atoms with E-state index in [0.29, 0.717) is 0 Å². The van der Waals surface area contributed by atoms with Crippen LogP contribution in [0.3, 0.4) is 0 Å². The Morgan fingerprint density at radius 2 is 0.720 bits per heavy atom. The molecule has 0 fully saturated rings. The van der Waals surface area contributed by atoms with Crippen LogP contribution < -0.4 is 4.90 Å². The summed E-state index contributed by atoms with van der Waals surface area (Å²) >= 11 is 1.88. The molecule has 2 heteroatoms. The number of para-hydroxylation sites is 1. The molecule has 0 unspecified atom stereocenters. The molecular formula is C48H33NS. The van der Waals surface area contributed by atoms with Crippen LogP contribution in [0.5, 0.6) is 0 Å². The highest BCUT2D eigenvalue weighted by Crippen LogP contribution is 2.44. The third-order valence-electron chi connectivity index (χ3n) is 9.49. The van der Waals surface area contributed by atoms with Gasteiger partial charge in [0, 0.05) is 42.8 Å². The molecule has 0 spiro atoms. The molecule has 1 aromatic heterocycles. The van der Waals surface area contributed by atoms with Crippen LogP contribution >= 0.6 is 11.3 Å². The van der Waals surface area contributed by atoms with Crippen LogP contribution in [0.4, 0.5) is 17.1 Å². The summed E-state index contributed by atoms with van der Waals surface area (Å²) in [6.07, 6.45) is 0. The summed E-state index contributed by atoms with van der Waals surface area (Å²) in [5.41, 5.74) is 13.2. The molecule has 0 N–H and O–H groups in total. The van der Waals surface area contributed by atoms with Gasteiger partial charge in [-0.1, -0.05) is 146 Å². The van der Waals surface area contributed by atoms with E-state index < -0.39 is 0 Å². The standard InChI is InChI=1S/C48H33NS/c1-4-12-34(13-5-1)36-20-22-37(23-21-36)38-24-28-42(29-25-38)49(41-16-8-3-9-17-41)43-30-26-39(27-31-43)45-32-40(35-14-6-2-7-15-35)33-46-44-18-10-11-19-47(44)50-48(45)46/h1-33H. The van der Waals surface area contributed by atoms with Crippen molar-refractivity contribution in [3.05, 3.63) is 200 Å². The molecule has 0 saturated heterocycles. The number of fused-ring (bicyclic) bond motifs is 3. The van der Waals surface area contributed by atoms with Crippen LogP contribution in [0.15, 0.2) is 200 Å². The van der Waals surface area contributed by atoms with Gasteiger partial charge in [0.15, 0.2) is 0 Å². The molecule has 0 bridgehead atoms. The van der Waals surface area contributed by atoms with Crippen molar-refractivity contribution in [1.29, 1.82) is 0 Å². The van der Waals surface area contributed by atoms with Gasteiger partial charge in [0.2, 0.25) is 0 Å². The molecule has 9 rings (SSSR count). The lowest BCUT2D eigenvalue weighted by molar-refractivity contribution is 1.28. The number of anilines is 3. The minimum absolute atomic E-state index is 1.12. The third-order valence-corrected chi connectivity index (χ3v) is 10.7. The second kappa shape index (κ2) is 13.0. The summed E-state index contributed by atoms with van der Waals surface area (Å²) in [6, 6.07) is 72.2. The van der Waals surface area contributed by atoms with E-state index in [9.17, 15) is 0 Å². The van der Waals surface area contributed by atoms with Crippen LogP contribution in [-0.2, 0) is 0 Å². The predicted molar refractivity (Wildman–Crippen MR) is 216 cm³/mol. The van der Waals surface area contributed by atoms with E-state index >= 15 is 0 Å². The van der Waals surface area contributed by atoms with E-state index in [1.54, 1.807) is 0 Å². The molecule has 1 nitrogen and oxygen atoms in total. The van der Waals surface area contributed by atoms with Gasteiger partial charge < -0.3 is 4.90 Å². The smallest absolute Gasteiger partial charge is 0.0462 e. The maximum Gasteiger partial charge on any atom is 0.0462 e. The summed E-state index contributed by atoms with van der Waals surface area (Å²) < 4.78 is 2.64. The van der Waals surface area contributed by atoms with Crippen LogP contribution in [0, 0.1) is 0 Å². The van der Waals surface area contributed by atoms with Gasteiger partial charge in [-0.05, 0) is 93.5 Å². The number of hydrogen-bond donors (Lipinski definition) is 0. The van der Waals surface area contributed by atoms with E-state index in [2.05, 4.69) is 205 Å². The van der Waals surface area contributed by atoms with Gasteiger partial charge >= 0.3 is 0 Å². The predicted octanol–water partition coefficient (Wildman–Crippen LogP) is 14.2. The molecule has 0 aliphatic heterocycles. The maximum absolute atomic E-state index is 2.36. The summed E-state index contributed by atoms with van der Waals surface area (Å²) in [5, 5.41) is 2.63. The average Bonchev–Trinajstić information content (AvgIpc) is 3.58. The Balaban J connectivity index is 1.08. The summed E-state index contributed by atoms with van der Waals surface area (Å²) in [7, 11) is 0. The Hall–Kier alpha value is -6.22. The minimum Gasteiger partial charge on any atom is -0.311 e. The Labute approximate surface area is 297 Å². The molecule has 1 heterocycles. The van der Waals surface area contributed by atoms with Crippen molar-refractivity contribution in [2.75, 3.05) is 4.90 Å². The van der Waals surface area contributed by atoms with Gasteiger partial charge in [-0.25, -0.2) is 0 Å². The Kier molecular flexibility index (Phi) is 7.77. The number of hydrogen-bond acceptors (Lipinski definition) is 2. The monoisotopic (exact) mass is 655 g/mol. The van der Waals surface area contributed by atoms with Crippen molar-refractivity contribution < 1.29 is 0 Å². The minimum atomic E-state index is 1.12. The van der Waals surface area contributed by atoms with Gasteiger partial charge in [-0.15, -0.1) is 11.3 Å². The van der Waals surface area contributed by atoms with Gasteiger partial charge in [0.1, 0.15) is 0 Å². The molecule has 8 aromatic carbocycles. The highest BCUT2D eigenvalue weighted by atomic mass is 32.1. The highest BCUT2D eigenvalue weighted by molar-refractivity contribution is 7.26. The van der Waals surface area contributed by atoms with Gasteiger partial charge in [-0.2, -0.15) is 0 Å². The number of nitrogens with zero attached hydrogens (tertiary/aromatic N) is 1. The van der Waals surface area contributed by atoms with Crippen LogP contribution in [0.25, 0.3) is 64.7 Å². The zero-order valence-electron chi connectivity index (χ0n) is 27.4. The molecule has 0 aliphatic carbocycles. The molecule has 0 aliphatic rings. The van der Waals surface area contributed by atoms with E-state index in [1.165, 1.54) is 64.7 Å². The fraction of sp³-hybridized carbons (Fsp3) is 0. The molecule has 0 saturated carbocycles. The zero-order chi connectivity index (χ0) is 33.3.